The summed E-state index contributed by atoms with van der Waals surface area (Å²) in [6.45, 7) is 3.82. The van der Waals surface area contributed by atoms with Crippen LogP contribution in [0.2, 0.25) is 0 Å². The first-order valence-electron chi connectivity index (χ1n) is 6.79. The normalized spacial score (nSPS) is 17.3. The van der Waals surface area contributed by atoms with Crippen molar-refractivity contribution in [3.05, 3.63) is 41.6 Å². The highest BCUT2D eigenvalue weighted by molar-refractivity contribution is 5.79. The number of hydrogen-bond donors (Lipinski definition) is 0. The van der Waals surface area contributed by atoms with Gasteiger partial charge >= 0.3 is 6.18 Å². The van der Waals surface area contributed by atoms with Crippen LogP contribution in [-0.2, 0) is 17.5 Å². The number of nitrogens with zero attached hydrogens (tertiary/aromatic N) is 2. The lowest BCUT2D eigenvalue weighted by Gasteiger charge is -2.26. The number of benzene rings is 1. The molecule has 0 bridgehead atoms. The molecule has 2 heterocycles. The molecule has 0 saturated carbocycles. The van der Waals surface area contributed by atoms with Gasteiger partial charge in [-0.2, -0.15) is 13.2 Å². The second kappa shape index (κ2) is 5.61. The van der Waals surface area contributed by atoms with E-state index in [1.165, 1.54) is 6.07 Å². The molecule has 112 valence electrons. The maximum atomic E-state index is 12.7. The van der Waals surface area contributed by atoms with E-state index in [0.29, 0.717) is 30.7 Å². The van der Waals surface area contributed by atoms with E-state index in [1.807, 2.05) is 0 Å². The van der Waals surface area contributed by atoms with Crippen LogP contribution in [-0.4, -0.2) is 36.2 Å². The Balaban J connectivity index is 1.83. The van der Waals surface area contributed by atoms with Crippen LogP contribution < -0.4 is 0 Å². The van der Waals surface area contributed by atoms with Crippen LogP contribution in [0.25, 0.3) is 10.9 Å². The summed E-state index contributed by atoms with van der Waals surface area (Å²) in [5.41, 5.74) is 0.815. The van der Waals surface area contributed by atoms with Gasteiger partial charge in [-0.25, -0.2) is 0 Å². The third-order valence-corrected chi connectivity index (χ3v) is 3.56. The van der Waals surface area contributed by atoms with E-state index < -0.39 is 11.7 Å². The molecule has 1 fully saturated rings. The van der Waals surface area contributed by atoms with Gasteiger partial charge in [0.25, 0.3) is 0 Å². The van der Waals surface area contributed by atoms with Crippen molar-refractivity contribution in [2.24, 2.45) is 0 Å². The van der Waals surface area contributed by atoms with Gasteiger partial charge in [0.05, 0.1) is 30.0 Å². The van der Waals surface area contributed by atoms with E-state index in [1.54, 1.807) is 12.1 Å². The number of halogens is 3. The lowest BCUT2D eigenvalue weighted by Crippen LogP contribution is -2.35. The summed E-state index contributed by atoms with van der Waals surface area (Å²) in [5.74, 6) is 0. The zero-order valence-corrected chi connectivity index (χ0v) is 11.4. The minimum absolute atomic E-state index is 0.510. The summed E-state index contributed by atoms with van der Waals surface area (Å²) in [6.07, 6.45) is -4.32. The van der Waals surface area contributed by atoms with Crippen molar-refractivity contribution in [1.29, 1.82) is 0 Å². The minimum Gasteiger partial charge on any atom is -0.379 e. The summed E-state index contributed by atoms with van der Waals surface area (Å²) in [5, 5.41) is 0.510. The van der Waals surface area contributed by atoms with Gasteiger partial charge in [0.1, 0.15) is 0 Å². The lowest BCUT2D eigenvalue weighted by atomic mass is 10.1. The Labute approximate surface area is 120 Å². The van der Waals surface area contributed by atoms with E-state index >= 15 is 0 Å². The number of ether oxygens (including phenoxy) is 1. The zero-order valence-electron chi connectivity index (χ0n) is 11.4. The second-order valence-electron chi connectivity index (χ2n) is 5.10. The smallest absolute Gasteiger partial charge is 0.379 e. The highest BCUT2D eigenvalue weighted by atomic mass is 19.4. The molecule has 0 N–H and O–H groups in total. The number of alkyl halides is 3. The van der Waals surface area contributed by atoms with E-state index in [2.05, 4.69) is 9.88 Å². The van der Waals surface area contributed by atoms with Gasteiger partial charge in [0, 0.05) is 25.0 Å². The van der Waals surface area contributed by atoms with Crippen molar-refractivity contribution in [2.75, 3.05) is 26.3 Å². The average Bonchev–Trinajstić information content (AvgIpc) is 2.47. The topological polar surface area (TPSA) is 25.4 Å². The van der Waals surface area contributed by atoms with Crippen LogP contribution in [0.1, 0.15) is 11.3 Å². The molecule has 0 spiro atoms. The molecule has 21 heavy (non-hydrogen) atoms. The first kappa shape index (κ1) is 14.3. The molecule has 0 amide bonds. The van der Waals surface area contributed by atoms with E-state index in [9.17, 15) is 13.2 Å². The Morgan fingerprint density at radius 3 is 2.57 bits per heavy atom. The highest BCUT2D eigenvalue weighted by Crippen LogP contribution is 2.31. The Kier molecular flexibility index (Phi) is 3.82. The third-order valence-electron chi connectivity index (χ3n) is 3.56. The number of rotatable bonds is 2. The monoisotopic (exact) mass is 296 g/mol. The number of pyridine rings is 1. The first-order chi connectivity index (χ1) is 10.0. The molecule has 0 atom stereocenters. The summed E-state index contributed by atoms with van der Waals surface area (Å²) in [6, 6.07) is 7.14. The highest BCUT2D eigenvalue weighted by Gasteiger charge is 2.30. The number of hydrogen-bond acceptors (Lipinski definition) is 3. The van der Waals surface area contributed by atoms with Gasteiger partial charge in [0.2, 0.25) is 0 Å². The molecule has 6 heteroatoms. The number of morpholine rings is 1. The summed E-state index contributed by atoms with van der Waals surface area (Å²) in [4.78, 5) is 6.67. The van der Waals surface area contributed by atoms with Crippen LogP contribution in [0.4, 0.5) is 13.2 Å². The molecule has 3 nitrogen and oxygen atoms in total. The molecule has 1 aliphatic rings. The van der Waals surface area contributed by atoms with Gasteiger partial charge in [-0.15, -0.1) is 0 Å². The molecule has 0 radical (unpaired) electrons. The summed E-state index contributed by atoms with van der Waals surface area (Å²) in [7, 11) is 0. The molecule has 1 aromatic heterocycles. The van der Waals surface area contributed by atoms with Crippen LogP contribution in [0.5, 0.6) is 0 Å². The van der Waals surface area contributed by atoms with Gasteiger partial charge in [-0.1, -0.05) is 6.07 Å². The van der Waals surface area contributed by atoms with Crippen molar-refractivity contribution in [3.8, 4) is 0 Å². The Morgan fingerprint density at radius 2 is 1.86 bits per heavy atom. The second-order valence-corrected chi connectivity index (χ2v) is 5.10. The van der Waals surface area contributed by atoms with Gasteiger partial charge in [-0.05, 0) is 24.3 Å². The van der Waals surface area contributed by atoms with Crippen molar-refractivity contribution >= 4 is 10.9 Å². The fraction of sp³-hybridized carbons (Fsp3) is 0.400. The largest absolute Gasteiger partial charge is 0.416 e. The fourth-order valence-electron chi connectivity index (χ4n) is 2.42. The molecule has 2 aromatic rings. The van der Waals surface area contributed by atoms with Gasteiger partial charge in [-0.3, -0.25) is 9.88 Å². The van der Waals surface area contributed by atoms with Crippen molar-refractivity contribution in [3.63, 3.8) is 0 Å². The standard InChI is InChI=1S/C15H15F3N2O/c16-15(17,18)12-2-4-14-11(9-12)1-3-13(19-14)10-20-5-7-21-8-6-20/h1-4,9H,5-8,10H2. The van der Waals surface area contributed by atoms with Crippen LogP contribution in [0.3, 0.4) is 0 Å². The molecule has 0 unspecified atom stereocenters. The summed E-state index contributed by atoms with van der Waals surface area (Å²) < 4.78 is 43.3. The molecular formula is C15H15F3N2O. The molecule has 1 aliphatic heterocycles. The van der Waals surface area contributed by atoms with Gasteiger partial charge < -0.3 is 4.74 Å². The van der Waals surface area contributed by atoms with E-state index in [-0.39, 0.29) is 0 Å². The van der Waals surface area contributed by atoms with Crippen molar-refractivity contribution in [2.45, 2.75) is 12.7 Å². The average molecular weight is 296 g/mol. The van der Waals surface area contributed by atoms with E-state index in [0.717, 1.165) is 30.9 Å². The van der Waals surface area contributed by atoms with Gasteiger partial charge in [0.15, 0.2) is 0 Å². The Bertz CT molecular complexity index is 636. The lowest BCUT2D eigenvalue weighted by molar-refractivity contribution is -0.137. The fourth-order valence-corrected chi connectivity index (χ4v) is 2.42. The van der Waals surface area contributed by atoms with Crippen molar-refractivity contribution in [1.82, 2.24) is 9.88 Å². The Hall–Kier alpha value is -1.66. The van der Waals surface area contributed by atoms with Crippen molar-refractivity contribution < 1.29 is 17.9 Å². The molecule has 1 saturated heterocycles. The predicted molar refractivity (Wildman–Crippen MR) is 72.8 cm³/mol. The number of aromatic nitrogens is 1. The third kappa shape index (κ3) is 3.33. The number of fused-ring (bicyclic) bond motifs is 1. The molecular weight excluding hydrogens is 281 g/mol. The Morgan fingerprint density at radius 1 is 1.10 bits per heavy atom. The van der Waals surface area contributed by atoms with Crippen LogP contribution >= 0.6 is 0 Å². The predicted octanol–water partition coefficient (Wildman–Crippen LogP) is 3.09. The SMILES string of the molecule is FC(F)(F)c1ccc2nc(CN3CCOCC3)ccc2c1. The maximum Gasteiger partial charge on any atom is 0.416 e. The first-order valence-corrected chi connectivity index (χ1v) is 6.79. The maximum absolute atomic E-state index is 12.7. The quantitative estimate of drug-likeness (QED) is 0.851. The molecule has 3 rings (SSSR count). The van der Waals surface area contributed by atoms with E-state index in [4.69, 9.17) is 4.74 Å². The van der Waals surface area contributed by atoms with Crippen LogP contribution in [0, 0.1) is 0 Å². The minimum atomic E-state index is -4.32. The molecule has 1 aromatic carbocycles. The summed E-state index contributed by atoms with van der Waals surface area (Å²) >= 11 is 0. The van der Waals surface area contributed by atoms with Crippen LogP contribution in [0.15, 0.2) is 30.3 Å². The zero-order chi connectivity index (χ0) is 14.9. The molecule has 0 aliphatic carbocycles.